The van der Waals surface area contributed by atoms with Gasteiger partial charge in [-0.05, 0) is 62.6 Å². The van der Waals surface area contributed by atoms with Gasteiger partial charge in [0, 0.05) is 25.9 Å². The highest BCUT2D eigenvalue weighted by molar-refractivity contribution is 6.36. The molecule has 6 heteroatoms. The molecule has 1 aliphatic heterocycles. The van der Waals surface area contributed by atoms with Gasteiger partial charge in [0.2, 0.25) is 0 Å². The molecule has 3 rings (SSSR count). The van der Waals surface area contributed by atoms with E-state index in [0.717, 1.165) is 28.1 Å². The Balaban J connectivity index is 1.98. The molecule has 0 aromatic heterocycles. The molecule has 1 N–H and O–H groups in total. The van der Waals surface area contributed by atoms with Gasteiger partial charge in [0.05, 0.1) is 12.2 Å². The molecular weight excluding hydrogens is 380 g/mol. The topological polar surface area (TPSA) is 67.9 Å². The molecule has 0 radical (unpaired) electrons. The first-order valence-electron chi connectivity index (χ1n) is 10.1. The van der Waals surface area contributed by atoms with Crippen LogP contribution in [0.1, 0.15) is 30.0 Å². The van der Waals surface area contributed by atoms with E-state index in [9.17, 15) is 9.59 Å². The van der Waals surface area contributed by atoms with Crippen LogP contribution in [0.2, 0.25) is 0 Å². The highest BCUT2D eigenvalue weighted by atomic mass is 16.5. The first kappa shape index (κ1) is 21.6. The Morgan fingerprint density at radius 3 is 2.37 bits per heavy atom. The van der Waals surface area contributed by atoms with Crippen molar-refractivity contribution < 1.29 is 19.1 Å². The number of rotatable bonds is 9. The summed E-state index contributed by atoms with van der Waals surface area (Å²) in [7, 11) is 1.60. The van der Waals surface area contributed by atoms with Gasteiger partial charge in [0.15, 0.2) is 0 Å². The normalized spacial score (nSPS) is 13.9. The van der Waals surface area contributed by atoms with Gasteiger partial charge in [-0.3, -0.25) is 14.5 Å². The number of benzene rings is 2. The summed E-state index contributed by atoms with van der Waals surface area (Å²) in [5.74, 6) is 0.151. The zero-order valence-electron chi connectivity index (χ0n) is 18.0. The molecule has 2 aromatic carbocycles. The number of nitrogens with one attached hydrogen (secondary N) is 1. The van der Waals surface area contributed by atoms with E-state index in [1.54, 1.807) is 7.11 Å². The van der Waals surface area contributed by atoms with Gasteiger partial charge in [-0.15, -0.1) is 0 Å². The summed E-state index contributed by atoms with van der Waals surface area (Å²) in [5.41, 5.74) is 4.25. The van der Waals surface area contributed by atoms with E-state index in [0.29, 0.717) is 37.4 Å². The molecule has 0 saturated heterocycles. The average Bonchev–Trinajstić information content (AvgIpc) is 2.94. The second-order valence-electron chi connectivity index (χ2n) is 7.26. The zero-order chi connectivity index (χ0) is 21.7. The molecule has 1 heterocycles. The predicted molar refractivity (Wildman–Crippen MR) is 117 cm³/mol. The fraction of sp³-hybridized carbons (Fsp3) is 0.333. The Bertz CT molecular complexity index is 964. The number of amides is 2. The number of hydrogen-bond donors (Lipinski definition) is 1. The van der Waals surface area contributed by atoms with Crippen molar-refractivity contribution in [3.63, 3.8) is 0 Å². The highest BCUT2D eigenvalue weighted by Crippen LogP contribution is 2.33. The van der Waals surface area contributed by atoms with Gasteiger partial charge < -0.3 is 14.8 Å². The Labute approximate surface area is 177 Å². The molecular formula is C24H28N2O4. The van der Waals surface area contributed by atoms with Crippen molar-refractivity contribution >= 4 is 23.1 Å². The van der Waals surface area contributed by atoms with Crippen LogP contribution < -0.4 is 10.1 Å². The number of hydrogen-bond acceptors (Lipinski definition) is 5. The number of imide groups is 1. The number of carbonyl (C=O) groups excluding carboxylic acids is 2. The Kier molecular flexibility index (Phi) is 6.90. The van der Waals surface area contributed by atoms with Crippen LogP contribution in [0.4, 0.5) is 5.69 Å². The van der Waals surface area contributed by atoms with Gasteiger partial charge >= 0.3 is 0 Å². The first-order valence-corrected chi connectivity index (χ1v) is 10.1. The standard InChI is InChI=1S/C24H28N2O4/c1-5-30-19-10-8-18(9-11-19)25-22-21(20-12-7-16(2)15-17(20)3)23(27)26(24(22)28)13-6-14-29-4/h7-12,15,25H,5-6,13-14H2,1-4H3. The third-order valence-electron chi connectivity index (χ3n) is 4.98. The molecule has 0 bridgehead atoms. The lowest BCUT2D eigenvalue weighted by Crippen LogP contribution is -2.34. The molecule has 6 nitrogen and oxygen atoms in total. The van der Waals surface area contributed by atoms with Crippen LogP contribution >= 0.6 is 0 Å². The minimum atomic E-state index is -0.319. The van der Waals surface area contributed by atoms with E-state index in [1.165, 1.54) is 4.90 Å². The van der Waals surface area contributed by atoms with Crippen LogP contribution in [0.25, 0.3) is 5.57 Å². The molecule has 0 aliphatic carbocycles. The van der Waals surface area contributed by atoms with E-state index < -0.39 is 0 Å². The van der Waals surface area contributed by atoms with Crippen molar-refractivity contribution in [3.05, 3.63) is 64.9 Å². The van der Waals surface area contributed by atoms with Crippen molar-refractivity contribution in [1.29, 1.82) is 0 Å². The molecule has 0 spiro atoms. The van der Waals surface area contributed by atoms with Crippen molar-refractivity contribution in [1.82, 2.24) is 4.90 Å². The summed E-state index contributed by atoms with van der Waals surface area (Å²) in [4.78, 5) is 27.7. The summed E-state index contributed by atoms with van der Waals surface area (Å²) >= 11 is 0. The van der Waals surface area contributed by atoms with Crippen LogP contribution in [0, 0.1) is 13.8 Å². The minimum Gasteiger partial charge on any atom is -0.494 e. The predicted octanol–water partition coefficient (Wildman–Crippen LogP) is 3.93. The largest absolute Gasteiger partial charge is 0.494 e. The van der Waals surface area contributed by atoms with E-state index in [2.05, 4.69) is 5.32 Å². The third kappa shape index (κ3) is 4.54. The lowest BCUT2D eigenvalue weighted by molar-refractivity contribution is -0.137. The molecule has 30 heavy (non-hydrogen) atoms. The molecule has 2 aromatic rings. The molecule has 0 atom stereocenters. The Morgan fingerprint density at radius 1 is 1.00 bits per heavy atom. The lowest BCUT2D eigenvalue weighted by atomic mass is 9.97. The number of ether oxygens (including phenoxy) is 2. The van der Waals surface area contributed by atoms with Crippen LogP contribution in [0.15, 0.2) is 48.2 Å². The van der Waals surface area contributed by atoms with Crippen LogP contribution in [-0.2, 0) is 14.3 Å². The summed E-state index contributed by atoms with van der Waals surface area (Å²) in [6.45, 7) is 7.26. The highest BCUT2D eigenvalue weighted by Gasteiger charge is 2.39. The van der Waals surface area contributed by atoms with Crippen molar-refractivity contribution in [3.8, 4) is 5.75 Å². The van der Waals surface area contributed by atoms with Crippen LogP contribution in [-0.4, -0.2) is 43.6 Å². The number of anilines is 1. The maximum Gasteiger partial charge on any atom is 0.278 e. The molecule has 0 saturated carbocycles. The summed E-state index contributed by atoms with van der Waals surface area (Å²) < 4.78 is 10.6. The maximum atomic E-state index is 13.2. The quantitative estimate of drug-likeness (QED) is 0.503. The van der Waals surface area contributed by atoms with Gasteiger partial charge in [-0.2, -0.15) is 0 Å². The summed E-state index contributed by atoms with van der Waals surface area (Å²) in [6.07, 6.45) is 0.588. The van der Waals surface area contributed by atoms with Crippen LogP contribution in [0.3, 0.4) is 0 Å². The minimum absolute atomic E-state index is 0.281. The number of methoxy groups -OCH3 is 1. The van der Waals surface area contributed by atoms with E-state index in [1.807, 2.05) is 63.2 Å². The summed E-state index contributed by atoms with van der Waals surface area (Å²) in [5, 5.41) is 3.18. The Hall–Kier alpha value is -3.12. The smallest absolute Gasteiger partial charge is 0.278 e. The fourth-order valence-corrected chi connectivity index (χ4v) is 3.55. The van der Waals surface area contributed by atoms with E-state index in [-0.39, 0.29) is 11.8 Å². The van der Waals surface area contributed by atoms with Crippen molar-refractivity contribution in [2.45, 2.75) is 27.2 Å². The van der Waals surface area contributed by atoms with Crippen molar-refractivity contribution in [2.75, 3.05) is 32.2 Å². The van der Waals surface area contributed by atoms with E-state index >= 15 is 0 Å². The molecule has 0 unspecified atom stereocenters. The Morgan fingerprint density at radius 2 is 1.73 bits per heavy atom. The van der Waals surface area contributed by atoms with Gasteiger partial charge in [-0.25, -0.2) is 0 Å². The third-order valence-corrected chi connectivity index (χ3v) is 4.98. The van der Waals surface area contributed by atoms with Gasteiger partial charge in [0.25, 0.3) is 11.8 Å². The number of aryl methyl sites for hydroxylation is 2. The van der Waals surface area contributed by atoms with Crippen molar-refractivity contribution in [2.24, 2.45) is 0 Å². The van der Waals surface area contributed by atoms with E-state index in [4.69, 9.17) is 9.47 Å². The lowest BCUT2D eigenvalue weighted by Gasteiger charge is -2.15. The van der Waals surface area contributed by atoms with Gasteiger partial charge in [0.1, 0.15) is 11.4 Å². The zero-order valence-corrected chi connectivity index (χ0v) is 18.0. The number of carbonyl (C=O) groups is 2. The summed E-state index contributed by atoms with van der Waals surface area (Å²) in [6, 6.07) is 13.2. The molecule has 2 amide bonds. The fourth-order valence-electron chi connectivity index (χ4n) is 3.55. The average molecular weight is 408 g/mol. The second-order valence-corrected chi connectivity index (χ2v) is 7.26. The first-order chi connectivity index (χ1) is 14.5. The number of nitrogens with zero attached hydrogens (tertiary/aromatic N) is 1. The monoisotopic (exact) mass is 408 g/mol. The maximum absolute atomic E-state index is 13.2. The van der Waals surface area contributed by atoms with Gasteiger partial charge in [-0.1, -0.05) is 23.8 Å². The second kappa shape index (κ2) is 9.59. The molecule has 1 aliphatic rings. The molecule has 0 fully saturated rings. The molecule has 158 valence electrons. The SMILES string of the molecule is CCOc1ccc(NC2=C(c3ccc(C)cc3C)C(=O)N(CCCOC)C2=O)cc1. The van der Waals surface area contributed by atoms with Crippen LogP contribution in [0.5, 0.6) is 5.75 Å².